The van der Waals surface area contributed by atoms with E-state index in [0.717, 1.165) is 16.1 Å². The van der Waals surface area contributed by atoms with Crippen LogP contribution in [-0.2, 0) is 4.79 Å². The Hall–Kier alpha value is -2.90. The van der Waals surface area contributed by atoms with Crippen LogP contribution in [0, 0.1) is 6.92 Å². The van der Waals surface area contributed by atoms with Crippen LogP contribution in [0.25, 0.3) is 11.3 Å². The molecule has 1 aromatic heterocycles. The Morgan fingerprint density at radius 3 is 2.89 bits per heavy atom. The molecule has 0 atom stereocenters. The van der Waals surface area contributed by atoms with Gasteiger partial charge in [-0.3, -0.25) is 14.9 Å². The number of carbonyl (C=O) groups excluding carboxylic acids is 2. The Labute approximate surface area is 170 Å². The average Bonchev–Trinajstić information content (AvgIpc) is 3.04. The SMILES string of the molecule is Cc1sc(NC(=O)c2cccc(Cl)c2)nc1-c1ccc2c(c1)N(C)C(=O)CO2. The Kier molecular flexibility index (Phi) is 4.78. The van der Waals surface area contributed by atoms with Gasteiger partial charge in [0.25, 0.3) is 11.8 Å². The number of aromatic nitrogens is 1. The lowest BCUT2D eigenvalue weighted by Crippen LogP contribution is -2.35. The summed E-state index contributed by atoms with van der Waals surface area (Å²) in [7, 11) is 1.72. The van der Waals surface area contributed by atoms with Gasteiger partial charge in [0.2, 0.25) is 0 Å². The Morgan fingerprint density at radius 1 is 1.29 bits per heavy atom. The number of hydrogen-bond acceptors (Lipinski definition) is 5. The van der Waals surface area contributed by atoms with E-state index in [0.29, 0.717) is 27.2 Å². The highest BCUT2D eigenvalue weighted by Crippen LogP contribution is 2.37. The van der Waals surface area contributed by atoms with E-state index < -0.39 is 0 Å². The molecule has 0 saturated carbocycles. The molecular formula is C20H16ClN3O3S. The first kappa shape index (κ1) is 18.5. The lowest BCUT2D eigenvalue weighted by molar-refractivity contribution is -0.120. The molecule has 1 N–H and O–H groups in total. The number of aryl methyl sites for hydroxylation is 1. The maximum Gasteiger partial charge on any atom is 0.264 e. The van der Waals surface area contributed by atoms with Gasteiger partial charge in [0.05, 0.1) is 11.4 Å². The van der Waals surface area contributed by atoms with Crippen LogP contribution in [0.1, 0.15) is 15.2 Å². The van der Waals surface area contributed by atoms with Crippen LogP contribution < -0.4 is 15.0 Å². The van der Waals surface area contributed by atoms with Gasteiger partial charge >= 0.3 is 0 Å². The number of ether oxygens (including phenoxy) is 1. The Bertz CT molecular complexity index is 1100. The van der Waals surface area contributed by atoms with Gasteiger partial charge in [-0.1, -0.05) is 17.7 Å². The molecule has 2 amide bonds. The second-order valence-corrected chi connectivity index (χ2v) is 7.95. The topological polar surface area (TPSA) is 71.5 Å². The van der Waals surface area contributed by atoms with Crippen molar-refractivity contribution < 1.29 is 14.3 Å². The molecular weight excluding hydrogens is 398 g/mol. The van der Waals surface area contributed by atoms with Gasteiger partial charge in [-0.2, -0.15) is 0 Å². The summed E-state index contributed by atoms with van der Waals surface area (Å²) in [5.41, 5.74) is 2.76. The van der Waals surface area contributed by atoms with E-state index in [-0.39, 0.29) is 18.4 Å². The maximum atomic E-state index is 12.4. The molecule has 3 aromatic rings. The van der Waals surface area contributed by atoms with Crippen LogP contribution in [0.4, 0.5) is 10.8 Å². The highest BCUT2D eigenvalue weighted by molar-refractivity contribution is 7.16. The van der Waals surface area contributed by atoms with Crippen LogP contribution in [0.15, 0.2) is 42.5 Å². The minimum Gasteiger partial charge on any atom is -0.482 e. The molecule has 0 fully saturated rings. The normalized spacial score (nSPS) is 13.1. The second-order valence-electron chi connectivity index (χ2n) is 6.31. The van der Waals surface area contributed by atoms with Gasteiger partial charge in [0.15, 0.2) is 11.7 Å². The third-order valence-electron chi connectivity index (χ3n) is 4.42. The number of carbonyl (C=O) groups is 2. The summed E-state index contributed by atoms with van der Waals surface area (Å²) >= 11 is 7.34. The lowest BCUT2D eigenvalue weighted by Gasteiger charge is -2.26. The van der Waals surface area contributed by atoms with E-state index in [4.69, 9.17) is 16.3 Å². The van der Waals surface area contributed by atoms with E-state index in [1.165, 1.54) is 11.3 Å². The largest absolute Gasteiger partial charge is 0.482 e. The van der Waals surface area contributed by atoms with Crippen molar-refractivity contribution in [2.75, 3.05) is 23.9 Å². The van der Waals surface area contributed by atoms with Gasteiger partial charge in [-0.15, -0.1) is 11.3 Å². The van der Waals surface area contributed by atoms with Gasteiger partial charge in [0.1, 0.15) is 5.75 Å². The zero-order chi connectivity index (χ0) is 19.8. The number of halogens is 1. The summed E-state index contributed by atoms with van der Waals surface area (Å²) in [5.74, 6) is 0.286. The van der Waals surface area contributed by atoms with E-state index in [1.807, 2.05) is 25.1 Å². The molecule has 0 spiro atoms. The first-order valence-electron chi connectivity index (χ1n) is 8.50. The van der Waals surface area contributed by atoms with E-state index in [2.05, 4.69) is 10.3 Å². The van der Waals surface area contributed by atoms with Crippen LogP contribution in [0.2, 0.25) is 5.02 Å². The third-order valence-corrected chi connectivity index (χ3v) is 5.54. The van der Waals surface area contributed by atoms with Gasteiger partial charge in [0, 0.05) is 28.1 Å². The number of nitrogens with one attached hydrogen (secondary N) is 1. The number of rotatable bonds is 3. The number of likely N-dealkylation sites (N-methyl/N-ethyl adjacent to an activating group) is 1. The van der Waals surface area contributed by atoms with Crippen molar-refractivity contribution >= 4 is 45.6 Å². The summed E-state index contributed by atoms with van der Waals surface area (Å²) in [6.07, 6.45) is 0. The van der Waals surface area contributed by atoms with Crippen molar-refractivity contribution in [2.24, 2.45) is 0 Å². The highest BCUT2D eigenvalue weighted by atomic mass is 35.5. The summed E-state index contributed by atoms with van der Waals surface area (Å²) in [6, 6.07) is 12.3. The predicted octanol–water partition coefficient (Wildman–Crippen LogP) is 4.38. The number of nitrogens with zero attached hydrogens (tertiary/aromatic N) is 2. The van der Waals surface area contributed by atoms with E-state index >= 15 is 0 Å². The molecule has 28 heavy (non-hydrogen) atoms. The van der Waals surface area contributed by atoms with Gasteiger partial charge < -0.3 is 9.64 Å². The van der Waals surface area contributed by atoms with Crippen LogP contribution >= 0.6 is 22.9 Å². The molecule has 0 bridgehead atoms. The fourth-order valence-corrected chi connectivity index (χ4v) is 3.96. The first-order chi connectivity index (χ1) is 13.4. The minimum absolute atomic E-state index is 0.0399. The number of anilines is 2. The standard InChI is InChI=1S/C20H16ClN3O3S/c1-11-18(12-6-7-16-15(9-12)24(2)17(25)10-27-16)22-20(28-11)23-19(26)13-4-3-5-14(21)8-13/h3-9H,10H2,1-2H3,(H,22,23,26). The summed E-state index contributed by atoms with van der Waals surface area (Å²) in [6.45, 7) is 1.98. The van der Waals surface area contributed by atoms with E-state index in [1.54, 1.807) is 36.2 Å². The molecule has 0 unspecified atom stereocenters. The molecule has 142 valence electrons. The maximum absolute atomic E-state index is 12.4. The van der Waals surface area contributed by atoms with Gasteiger partial charge in [-0.05, 0) is 43.3 Å². The molecule has 2 aromatic carbocycles. The molecule has 0 radical (unpaired) electrons. The Balaban J connectivity index is 1.62. The first-order valence-corrected chi connectivity index (χ1v) is 9.70. The zero-order valence-electron chi connectivity index (χ0n) is 15.2. The van der Waals surface area contributed by atoms with Crippen molar-refractivity contribution in [2.45, 2.75) is 6.92 Å². The van der Waals surface area contributed by atoms with Gasteiger partial charge in [-0.25, -0.2) is 4.98 Å². The number of benzene rings is 2. The minimum atomic E-state index is -0.271. The fourth-order valence-electron chi connectivity index (χ4n) is 2.94. The monoisotopic (exact) mass is 413 g/mol. The Morgan fingerprint density at radius 2 is 2.11 bits per heavy atom. The summed E-state index contributed by atoms with van der Waals surface area (Å²) < 4.78 is 5.47. The van der Waals surface area contributed by atoms with Crippen molar-refractivity contribution in [1.29, 1.82) is 0 Å². The summed E-state index contributed by atoms with van der Waals surface area (Å²) in [4.78, 5) is 31.4. The predicted molar refractivity (Wildman–Crippen MR) is 111 cm³/mol. The molecule has 6 nitrogen and oxygen atoms in total. The van der Waals surface area contributed by atoms with Crippen molar-refractivity contribution in [3.63, 3.8) is 0 Å². The number of hydrogen-bond donors (Lipinski definition) is 1. The number of thiazole rings is 1. The third kappa shape index (κ3) is 3.46. The van der Waals surface area contributed by atoms with Crippen molar-refractivity contribution in [3.05, 3.63) is 57.9 Å². The zero-order valence-corrected chi connectivity index (χ0v) is 16.7. The number of fused-ring (bicyclic) bond motifs is 1. The number of amides is 2. The second kappa shape index (κ2) is 7.26. The molecule has 0 aliphatic carbocycles. The molecule has 1 aliphatic rings. The average molecular weight is 414 g/mol. The highest BCUT2D eigenvalue weighted by Gasteiger charge is 2.23. The van der Waals surface area contributed by atoms with E-state index in [9.17, 15) is 9.59 Å². The van der Waals surface area contributed by atoms with Crippen LogP contribution in [-0.4, -0.2) is 30.5 Å². The molecule has 4 rings (SSSR count). The van der Waals surface area contributed by atoms with Crippen molar-refractivity contribution in [1.82, 2.24) is 4.98 Å². The molecule has 8 heteroatoms. The fraction of sp³-hybridized carbons (Fsp3) is 0.150. The molecule has 0 saturated heterocycles. The quantitative estimate of drug-likeness (QED) is 0.691. The lowest BCUT2D eigenvalue weighted by atomic mass is 10.1. The van der Waals surface area contributed by atoms with Crippen LogP contribution in [0.5, 0.6) is 5.75 Å². The van der Waals surface area contributed by atoms with Crippen LogP contribution in [0.3, 0.4) is 0 Å². The smallest absolute Gasteiger partial charge is 0.264 e. The summed E-state index contributed by atoms with van der Waals surface area (Å²) in [5, 5.41) is 3.81. The molecule has 1 aliphatic heterocycles. The van der Waals surface area contributed by atoms with Crippen molar-refractivity contribution in [3.8, 4) is 17.0 Å². The molecule has 2 heterocycles.